The van der Waals surface area contributed by atoms with Crippen LogP contribution in [-0.2, 0) is 9.53 Å². The van der Waals surface area contributed by atoms with E-state index >= 15 is 0 Å². The number of carbonyl (C=O) groups is 2. The van der Waals surface area contributed by atoms with Crippen molar-refractivity contribution in [1.29, 1.82) is 0 Å². The molecule has 1 atom stereocenters. The first-order valence-electron chi connectivity index (χ1n) is 8.32. The number of rotatable bonds is 7. The Labute approximate surface area is 147 Å². The summed E-state index contributed by atoms with van der Waals surface area (Å²) in [4.78, 5) is 38.8. The second-order valence-electron chi connectivity index (χ2n) is 6.88. The molecule has 0 aliphatic heterocycles. The highest BCUT2D eigenvalue weighted by Gasteiger charge is 2.26. The number of aryl methyl sites for hydroxylation is 1. The minimum atomic E-state index is -0.790. The second-order valence-corrected chi connectivity index (χ2v) is 6.88. The summed E-state index contributed by atoms with van der Waals surface area (Å²) in [5, 5.41) is 5.12. The van der Waals surface area contributed by atoms with Crippen LogP contribution in [-0.4, -0.2) is 35.2 Å². The van der Waals surface area contributed by atoms with Gasteiger partial charge in [-0.25, -0.2) is 9.59 Å². The van der Waals surface area contributed by atoms with Crippen LogP contribution in [0.25, 0.3) is 0 Å². The molecule has 0 spiro atoms. The van der Waals surface area contributed by atoms with Gasteiger partial charge in [0.05, 0.1) is 0 Å². The summed E-state index contributed by atoms with van der Waals surface area (Å²) in [7, 11) is 0. The van der Waals surface area contributed by atoms with Crippen molar-refractivity contribution in [2.45, 2.75) is 58.6 Å². The molecule has 1 aromatic rings. The first-order valence-corrected chi connectivity index (χ1v) is 8.32. The summed E-state index contributed by atoms with van der Waals surface area (Å²) < 4.78 is 5.35. The topological polar surface area (TPSA) is 126 Å². The van der Waals surface area contributed by atoms with Crippen molar-refractivity contribution >= 4 is 17.8 Å². The molecule has 0 aliphatic carbocycles. The molecule has 25 heavy (non-hydrogen) atoms. The second kappa shape index (κ2) is 9.22. The fourth-order valence-electron chi connectivity index (χ4n) is 2.18. The Kier molecular flexibility index (Phi) is 7.63. The van der Waals surface area contributed by atoms with Gasteiger partial charge in [0.15, 0.2) is 5.43 Å². The third kappa shape index (κ3) is 8.35. The number of amides is 2. The fourth-order valence-corrected chi connectivity index (χ4v) is 2.18. The van der Waals surface area contributed by atoms with Crippen molar-refractivity contribution in [3.05, 3.63) is 28.0 Å². The summed E-state index contributed by atoms with van der Waals surface area (Å²) in [6, 6.07) is 1.30. The number of hydrogen-bond acceptors (Lipinski definition) is 5. The Morgan fingerprint density at radius 3 is 2.52 bits per heavy atom. The van der Waals surface area contributed by atoms with Crippen molar-refractivity contribution < 1.29 is 14.3 Å². The number of aromatic nitrogens is 1. The summed E-state index contributed by atoms with van der Waals surface area (Å²) in [6.45, 7) is 7.51. The van der Waals surface area contributed by atoms with Crippen LogP contribution in [0.4, 0.5) is 10.6 Å². The molecule has 0 radical (unpaired) electrons. The van der Waals surface area contributed by atoms with Crippen LogP contribution in [0, 0.1) is 6.92 Å². The summed E-state index contributed by atoms with van der Waals surface area (Å²) in [6.07, 6.45) is 1.85. The van der Waals surface area contributed by atoms with Crippen molar-refractivity contribution in [3.8, 4) is 0 Å². The highest BCUT2D eigenvalue weighted by atomic mass is 16.6. The van der Waals surface area contributed by atoms with Gasteiger partial charge in [-0.3, -0.25) is 10.1 Å². The normalized spacial score (nSPS) is 12.4. The summed E-state index contributed by atoms with van der Waals surface area (Å²) in [5.74, 6) is -0.246. The summed E-state index contributed by atoms with van der Waals surface area (Å²) in [5.41, 5.74) is 5.22. The maximum Gasteiger partial charge on any atom is 0.329 e. The van der Waals surface area contributed by atoms with Crippen LogP contribution in [0.3, 0.4) is 0 Å². The Bertz CT molecular complexity index is 649. The van der Waals surface area contributed by atoms with E-state index in [9.17, 15) is 14.4 Å². The lowest BCUT2D eigenvalue weighted by Gasteiger charge is -2.24. The quantitative estimate of drug-likeness (QED) is 0.438. The van der Waals surface area contributed by atoms with E-state index in [0.29, 0.717) is 25.1 Å². The SMILES string of the molecule is Cc1cc(=O)cc(NC(=O)N[C@@H](CCCCN)C(=O)OC(C)(C)C)[nH]1. The zero-order chi connectivity index (χ0) is 19.0. The average Bonchev–Trinajstić information content (AvgIpc) is 2.43. The first kappa shape index (κ1) is 20.7. The monoisotopic (exact) mass is 352 g/mol. The van der Waals surface area contributed by atoms with Crippen LogP contribution in [0.2, 0.25) is 0 Å². The number of pyridine rings is 1. The summed E-state index contributed by atoms with van der Waals surface area (Å²) >= 11 is 0. The van der Waals surface area contributed by atoms with Gasteiger partial charge in [-0.15, -0.1) is 0 Å². The van der Waals surface area contributed by atoms with E-state index in [2.05, 4.69) is 15.6 Å². The zero-order valence-corrected chi connectivity index (χ0v) is 15.3. The fraction of sp³-hybridized carbons (Fsp3) is 0.588. The number of urea groups is 1. The van der Waals surface area contributed by atoms with Gasteiger partial charge in [0.25, 0.3) is 0 Å². The molecule has 2 amide bonds. The molecule has 8 heteroatoms. The highest BCUT2D eigenvalue weighted by molar-refractivity contribution is 5.91. The van der Waals surface area contributed by atoms with Gasteiger partial charge < -0.3 is 20.8 Å². The molecule has 0 fully saturated rings. The number of carbonyl (C=O) groups excluding carboxylic acids is 2. The highest BCUT2D eigenvalue weighted by Crippen LogP contribution is 2.12. The third-order valence-corrected chi connectivity index (χ3v) is 3.17. The minimum Gasteiger partial charge on any atom is -0.458 e. The number of hydrogen-bond donors (Lipinski definition) is 4. The maximum atomic E-state index is 12.3. The van der Waals surface area contributed by atoms with Crippen LogP contribution in [0.15, 0.2) is 16.9 Å². The van der Waals surface area contributed by atoms with Gasteiger partial charge in [0.1, 0.15) is 17.5 Å². The molecule has 1 aromatic heterocycles. The molecule has 5 N–H and O–H groups in total. The largest absolute Gasteiger partial charge is 0.458 e. The first-order chi connectivity index (χ1) is 11.6. The molecular weight excluding hydrogens is 324 g/mol. The number of esters is 1. The molecule has 140 valence electrons. The van der Waals surface area contributed by atoms with E-state index in [1.54, 1.807) is 27.7 Å². The Hall–Kier alpha value is -2.35. The predicted octanol–water partition coefficient (Wildman–Crippen LogP) is 1.64. The molecule has 1 heterocycles. The maximum absolute atomic E-state index is 12.3. The molecule has 0 saturated carbocycles. The standard InChI is InChI=1S/C17H28N4O4/c1-11-9-12(22)10-14(19-11)21-16(24)20-13(7-5-6-8-18)15(23)25-17(2,3)4/h9-10,13H,5-8,18H2,1-4H3,(H3,19,20,21,22,24)/t13-/m0/s1. The minimum absolute atomic E-state index is 0.224. The van der Waals surface area contributed by atoms with Crippen LogP contribution in [0.1, 0.15) is 45.7 Å². The van der Waals surface area contributed by atoms with Crippen LogP contribution < -0.4 is 21.8 Å². The molecule has 0 unspecified atom stereocenters. The predicted molar refractivity (Wildman–Crippen MR) is 96.5 cm³/mol. The number of nitrogens with two attached hydrogens (primary N) is 1. The molecule has 0 bridgehead atoms. The number of unbranched alkanes of at least 4 members (excludes halogenated alkanes) is 1. The molecule has 0 aliphatic rings. The van der Waals surface area contributed by atoms with Crippen molar-refractivity contribution in [1.82, 2.24) is 10.3 Å². The van der Waals surface area contributed by atoms with Gasteiger partial charge in [0, 0.05) is 17.8 Å². The molecule has 8 nitrogen and oxygen atoms in total. The van der Waals surface area contributed by atoms with Crippen molar-refractivity contribution in [3.63, 3.8) is 0 Å². The van der Waals surface area contributed by atoms with Gasteiger partial charge in [-0.05, 0) is 53.5 Å². The van der Waals surface area contributed by atoms with E-state index in [-0.39, 0.29) is 11.2 Å². The lowest BCUT2D eigenvalue weighted by atomic mass is 10.1. The number of aromatic amines is 1. The molecular formula is C17H28N4O4. The van der Waals surface area contributed by atoms with E-state index in [4.69, 9.17) is 10.5 Å². The molecule has 0 aromatic carbocycles. The zero-order valence-electron chi connectivity index (χ0n) is 15.3. The van der Waals surface area contributed by atoms with Crippen molar-refractivity contribution in [2.24, 2.45) is 5.73 Å². The van der Waals surface area contributed by atoms with Gasteiger partial charge in [-0.1, -0.05) is 0 Å². The van der Waals surface area contributed by atoms with E-state index in [1.807, 2.05) is 0 Å². The van der Waals surface area contributed by atoms with Gasteiger partial charge in [0.2, 0.25) is 0 Å². The van der Waals surface area contributed by atoms with Gasteiger partial charge >= 0.3 is 12.0 Å². The smallest absolute Gasteiger partial charge is 0.329 e. The average molecular weight is 352 g/mol. The Morgan fingerprint density at radius 1 is 1.28 bits per heavy atom. The van der Waals surface area contributed by atoms with Crippen LogP contribution in [0.5, 0.6) is 0 Å². The Balaban J connectivity index is 2.75. The van der Waals surface area contributed by atoms with E-state index < -0.39 is 23.6 Å². The molecule has 0 saturated heterocycles. The van der Waals surface area contributed by atoms with E-state index in [0.717, 1.165) is 6.42 Å². The number of nitrogens with one attached hydrogen (secondary N) is 3. The van der Waals surface area contributed by atoms with E-state index in [1.165, 1.54) is 12.1 Å². The molecule has 1 rings (SSSR count). The lowest BCUT2D eigenvalue weighted by Crippen LogP contribution is -2.46. The van der Waals surface area contributed by atoms with Gasteiger partial charge in [-0.2, -0.15) is 0 Å². The third-order valence-electron chi connectivity index (χ3n) is 3.17. The van der Waals surface area contributed by atoms with Crippen molar-refractivity contribution in [2.75, 3.05) is 11.9 Å². The number of H-pyrrole nitrogens is 1. The Morgan fingerprint density at radius 2 is 1.96 bits per heavy atom. The van der Waals surface area contributed by atoms with Crippen LogP contribution >= 0.6 is 0 Å². The number of ether oxygens (including phenoxy) is 1. The lowest BCUT2D eigenvalue weighted by molar-refractivity contribution is -0.157. The number of anilines is 1.